The number of fused-ring (bicyclic) bond motifs is 1. The molecule has 3 nitrogen and oxygen atoms in total. The van der Waals surface area contributed by atoms with Crippen molar-refractivity contribution >= 4 is 16.7 Å². The Morgan fingerprint density at radius 2 is 2.27 bits per heavy atom. The van der Waals surface area contributed by atoms with Gasteiger partial charge in [-0.2, -0.15) is 0 Å². The van der Waals surface area contributed by atoms with E-state index in [-0.39, 0.29) is 0 Å². The van der Waals surface area contributed by atoms with E-state index in [1.54, 1.807) is 0 Å². The van der Waals surface area contributed by atoms with Gasteiger partial charge in [-0.25, -0.2) is 4.98 Å². The third-order valence-corrected chi connectivity index (χ3v) is 2.85. The van der Waals surface area contributed by atoms with E-state index in [9.17, 15) is 0 Å². The second-order valence-electron chi connectivity index (χ2n) is 4.16. The lowest BCUT2D eigenvalue weighted by Gasteiger charge is -2.09. The second-order valence-corrected chi connectivity index (χ2v) is 4.16. The molecule has 0 saturated heterocycles. The topological polar surface area (TPSA) is 43.8 Å². The van der Waals surface area contributed by atoms with Crippen LogP contribution in [0.5, 0.6) is 0 Å². The van der Waals surface area contributed by atoms with E-state index >= 15 is 0 Å². The molecule has 0 aliphatic heterocycles. The molecule has 1 aromatic heterocycles. The molecule has 3 heteroatoms. The first-order valence-electron chi connectivity index (χ1n) is 5.41. The van der Waals surface area contributed by atoms with Gasteiger partial charge in [0, 0.05) is 12.2 Å². The smallest absolute Gasteiger partial charge is 0.0958 e. The first-order valence-corrected chi connectivity index (χ1v) is 5.41. The number of aromatic nitrogens is 2. The quantitative estimate of drug-likeness (QED) is 0.779. The molecule has 0 aliphatic carbocycles. The predicted octanol–water partition coefficient (Wildman–Crippen LogP) is 2.66. The van der Waals surface area contributed by atoms with Gasteiger partial charge >= 0.3 is 0 Å². The SMILES string of the molecule is CCC(C)Cn1cnc2cc(N)ccc21. The van der Waals surface area contributed by atoms with Gasteiger partial charge in [-0.3, -0.25) is 0 Å². The third-order valence-electron chi connectivity index (χ3n) is 2.85. The highest BCUT2D eigenvalue weighted by molar-refractivity contribution is 5.78. The summed E-state index contributed by atoms with van der Waals surface area (Å²) in [6.07, 6.45) is 3.09. The van der Waals surface area contributed by atoms with E-state index in [4.69, 9.17) is 5.73 Å². The molecule has 15 heavy (non-hydrogen) atoms. The van der Waals surface area contributed by atoms with Gasteiger partial charge in [-0.05, 0) is 24.1 Å². The fraction of sp³-hybridized carbons (Fsp3) is 0.417. The molecule has 0 radical (unpaired) electrons. The van der Waals surface area contributed by atoms with E-state index in [1.807, 2.05) is 24.5 Å². The Bertz CT molecular complexity index is 459. The highest BCUT2D eigenvalue weighted by atomic mass is 15.0. The zero-order valence-electron chi connectivity index (χ0n) is 9.27. The van der Waals surface area contributed by atoms with Crippen molar-refractivity contribution in [3.05, 3.63) is 24.5 Å². The van der Waals surface area contributed by atoms with Crippen molar-refractivity contribution in [2.75, 3.05) is 5.73 Å². The van der Waals surface area contributed by atoms with Crippen LogP contribution < -0.4 is 5.73 Å². The summed E-state index contributed by atoms with van der Waals surface area (Å²) in [4.78, 5) is 4.35. The van der Waals surface area contributed by atoms with Crippen LogP contribution in [0.2, 0.25) is 0 Å². The summed E-state index contributed by atoms with van der Waals surface area (Å²) in [6.45, 7) is 5.49. The van der Waals surface area contributed by atoms with E-state index in [0.29, 0.717) is 5.92 Å². The number of rotatable bonds is 3. The Morgan fingerprint density at radius 3 is 3.00 bits per heavy atom. The maximum atomic E-state index is 5.71. The van der Waals surface area contributed by atoms with Gasteiger partial charge < -0.3 is 10.3 Å². The predicted molar refractivity (Wildman–Crippen MR) is 63.6 cm³/mol. The van der Waals surface area contributed by atoms with Gasteiger partial charge in [0.25, 0.3) is 0 Å². The summed E-state index contributed by atoms with van der Waals surface area (Å²) in [7, 11) is 0. The minimum Gasteiger partial charge on any atom is -0.399 e. The van der Waals surface area contributed by atoms with Crippen LogP contribution in [0, 0.1) is 5.92 Å². The number of nitrogen functional groups attached to an aromatic ring is 1. The fourth-order valence-corrected chi connectivity index (χ4v) is 1.69. The summed E-state index contributed by atoms with van der Waals surface area (Å²) in [5.41, 5.74) is 8.64. The van der Waals surface area contributed by atoms with Gasteiger partial charge in [0.05, 0.1) is 17.4 Å². The minimum atomic E-state index is 0.681. The van der Waals surface area contributed by atoms with Crippen LogP contribution in [0.3, 0.4) is 0 Å². The highest BCUT2D eigenvalue weighted by Crippen LogP contribution is 2.17. The molecule has 0 aliphatic rings. The molecule has 2 N–H and O–H groups in total. The summed E-state index contributed by atoms with van der Waals surface area (Å²) >= 11 is 0. The van der Waals surface area contributed by atoms with Crippen LogP contribution in [0.1, 0.15) is 20.3 Å². The van der Waals surface area contributed by atoms with E-state index in [2.05, 4.69) is 23.4 Å². The Hall–Kier alpha value is -1.51. The number of hydrogen-bond donors (Lipinski definition) is 1. The average molecular weight is 203 g/mol. The van der Waals surface area contributed by atoms with Gasteiger partial charge in [-0.1, -0.05) is 20.3 Å². The zero-order valence-corrected chi connectivity index (χ0v) is 9.27. The lowest BCUT2D eigenvalue weighted by Crippen LogP contribution is -2.05. The molecule has 0 amide bonds. The number of imidazole rings is 1. The molecule has 1 unspecified atom stereocenters. The molecule has 80 valence electrons. The van der Waals surface area contributed by atoms with Crippen LogP contribution in [-0.4, -0.2) is 9.55 Å². The molecule has 1 aromatic carbocycles. The molecule has 2 aromatic rings. The zero-order chi connectivity index (χ0) is 10.8. The van der Waals surface area contributed by atoms with E-state index in [0.717, 1.165) is 17.7 Å². The van der Waals surface area contributed by atoms with Crippen LogP contribution >= 0.6 is 0 Å². The summed E-state index contributed by atoms with van der Waals surface area (Å²) < 4.78 is 2.20. The van der Waals surface area contributed by atoms with E-state index < -0.39 is 0 Å². The molecule has 0 bridgehead atoms. The second kappa shape index (κ2) is 3.93. The van der Waals surface area contributed by atoms with Crippen molar-refractivity contribution in [2.45, 2.75) is 26.8 Å². The van der Waals surface area contributed by atoms with Crippen molar-refractivity contribution in [2.24, 2.45) is 5.92 Å². The molecule has 1 atom stereocenters. The number of anilines is 1. The van der Waals surface area contributed by atoms with Crippen molar-refractivity contribution in [3.63, 3.8) is 0 Å². The molecule has 0 fully saturated rings. The Morgan fingerprint density at radius 1 is 1.47 bits per heavy atom. The van der Waals surface area contributed by atoms with Crippen LogP contribution in [0.15, 0.2) is 24.5 Å². The number of nitrogens with zero attached hydrogens (tertiary/aromatic N) is 2. The highest BCUT2D eigenvalue weighted by Gasteiger charge is 2.05. The first kappa shape index (κ1) is 10.0. The van der Waals surface area contributed by atoms with Crippen molar-refractivity contribution < 1.29 is 0 Å². The Labute approximate surface area is 89.9 Å². The monoisotopic (exact) mass is 203 g/mol. The number of hydrogen-bond acceptors (Lipinski definition) is 2. The number of nitrogens with two attached hydrogens (primary N) is 1. The third kappa shape index (κ3) is 1.96. The lowest BCUT2D eigenvalue weighted by atomic mass is 10.1. The first-order chi connectivity index (χ1) is 7.20. The average Bonchev–Trinajstić information content (AvgIpc) is 2.60. The maximum Gasteiger partial charge on any atom is 0.0958 e. The van der Waals surface area contributed by atoms with Gasteiger partial charge in [0.15, 0.2) is 0 Å². The van der Waals surface area contributed by atoms with Crippen molar-refractivity contribution in [3.8, 4) is 0 Å². The minimum absolute atomic E-state index is 0.681. The van der Waals surface area contributed by atoms with Crippen LogP contribution in [-0.2, 0) is 6.54 Å². The molecule has 0 spiro atoms. The Balaban J connectivity index is 2.36. The molecule has 1 heterocycles. The summed E-state index contributed by atoms with van der Waals surface area (Å²) in [5, 5.41) is 0. The summed E-state index contributed by atoms with van der Waals surface area (Å²) in [5.74, 6) is 0.681. The fourth-order valence-electron chi connectivity index (χ4n) is 1.69. The van der Waals surface area contributed by atoms with Crippen LogP contribution in [0.25, 0.3) is 11.0 Å². The normalized spacial score (nSPS) is 13.2. The number of benzene rings is 1. The van der Waals surface area contributed by atoms with Crippen LogP contribution in [0.4, 0.5) is 5.69 Å². The van der Waals surface area contributed by atoms with Crippen molar-refractivity contribution in [1.29, 1.82) is 0 Å². The van der Waals surface area contributed by atoms with Gasteiger partial charge in [-0.15, -0.1) is 0 Å². The lowest BCUT2D eigenvalue weighted by molar-refractivity contribution is 0.476. The maximum absolute atomic E-state index is 5.71. The largest absolute Gasteiger partial charge is 0.399 e. The van der Waals surface area contributed by atoms with Crippen molar-refractivity contribution in [1.82, 2.24) is 9.55 Å². The molecular formula is C12H17N3. The Kier molecular flexibility index (Phi) is 2.62. The standard InChI is InChI=1S/C12H17N3/c1-3-9(2)7-15-8-14-11-6-10(13)4-5-12(11)15/h4-6,8-9H,3,7,13H2,1-2H3. The molecular weight excluding hydrogens is 186 g/mol. The molecule has 2 rings (SSSR count). The molecule has 0 saturated carbocycles. The van der Waals surface area contributed by atoms with Gasteiger partial charge in [0.2, 0.25) is 0 Å². The van der Waals surface area contributed by atoms with E-state index in [1.165, 1.54) is 11.9 Å². The van der Waals surface area contributed by atoms with Gasteiger partial charge in [0.1, 0.15) is 0 Å². The summed E-state index contributed by atoms with van der Waals surface area (Å²) in [6, 6.07) is 5.89.